The summed E-state index contributed by atoms with van der Waals surface area (Å²) in [5.74, 6) is -1.40. The number of hydrogen-bond donors (Lipinski definition) is 2. The van der Waals surface area contributed by atoms with E-state index in [0.29, 0.717) is 18.0 Å². The topological polar surface area (TPSA) is 66.4 Å². The lowest BCUT2D eigenvalue weighted by molar-refractivity contribution is -0.131. The lowest BCUT2D eigenvalue weighted by Crippen LogP contribution is -2.12. The molecule has 0 radical (unpaired) electrons. The van der Waals surface area contributed by atoms with Gasteiger partial charge in [0.1, 0.15) is 5.82 Å². The van der Waals surface area contributed by atoms with Crippen molar-refractivity contribution in [2.75, 3.05) is 5.32 Å². The van der Waals surface area contributed by atoms with Crippen LogP contribution in [-0.2, 0) is 9.59 Å². The number of amides is 1. The van der Waals surface area contributed by atoms with Crippen LogP contribution in [0.1, 0.15) is 32.3 Å². The Hall–Kier alpha value is -2.17. The molecule has 20 heavy (non-hydrogen) atoms. The number of carbonyl (C=O) groups excluding carboxylic acids is 1. The third kappa shape index (κ3) is 5.65. The Labute approximate surface area is 117 Å². The van der Waals surface area contributed by atoms with Crippen LogP contribution >= 0.6 is 0 Å². The molecule has 0 aliphatic rings. The van der Waals surface area contributed by atoms with Gasteiger partial charge in [0, 0.05) is 23.7 Å². The molecule has 5 heteroatoms. The fraction of sp³-hybridized carbons (Fsp3) is 0.333. The normalized spacial score (nSPS) is 11.0. The maximum Gasteiger partial charge on any atom is 0.328 e. The van der Waals surface area contributed by atoms with Crippen molar-refractivity contribution in [3.8, 4) is 0 Å². The Kier molecular flexibility index (Phi) is 5.90. The smallest absolute Gasteiger partial charge is 0.328 e. The third-order valence-corrected chi connectivity index (χ3v) is 2.63. The number of halogens is 1. The monoisotopic (exact) mass is 279 g/mol. The van der Waals surface area contributed by atoms with E-state index in [1.54, 1.807) is 0 Å². The molecule has 1 amide bonds. The minimum absolute atomic E-state index is 0.119. The van der Waals surface area contributed by atoms with Crippen LogP contribution in [0.4, 0.5) is 10.1 Å². The van der Waals surface area contributed by atoms with E-state index in [0.717, 1.165) is 18.6 Å². The summed E-state index contributed by atoms with van der Waals surface area (Å²) < 4.78 is 13.5. The molecule has 1 rings (SSSR count). The first kappa shape index (κ1) is 15.9. The molecule has 108 valence electrons. The van der Waals surface area contributed by atoms with E-state index in [2.05, 4.69) is 5.32 Å². The number of nitrogens with one attached hydrogen (secondary N) is 1. The number of anilines is 1. The minimum atomic E-state index is -1.16. The average Bonchev–Trinajstić information content (AvgIpc) is 2.37. The summed E-state index contributed by atoms with van der Waals surface area (Å²) >= 11 is 0. The second-order valence-electron chi connectivity index (χ2n) is 4.89. The van der Waals surface area contributed by atoms with Crippen LogP contribution in [0.2, 0.25) is 0 Å². The first-order chi connectivity index (χ1) is 9.38. The van der Waals surface area contributed by atoms with Gasteiger partial charge in [0.15, 0.2) is 0 Å². The van der Waals surface area contributed by atoms with E-state index in [9.17, 15) is 14.0 Å². The maximum absolute atomic E-state index is 13.5. The van der Waals surface area contributed by atoms with Crippen molar-refractivity contribution < 1.29 is 19.1 Å². The van der Waals surface area contributed by atoms with Crippen molar-refractivity contribution >= 4 is 23.6 Å². The van der Waals surface area contributed by atoms with Gasteiger partial charge in [-0.15, -0.1) is 0 Å². The van der Waals surface area contributed by atoms with Crippen molar-refractivity contribution in [2.24, 2.45) is 5.92 Å². The largest absolute Gasteiger partial charge is 0.478 e. The number of carboxylic acids is 1. The molecular formula is C15H18FNO3. The average molecular weight is 279 g/mol. The molecule has 0 spiro atoms. The lowest BCUT2D eigenvalue weighted by atomic mass is 10.1. The predicted octanol–water partition coefficient (Wildman–Crippen LogP) is 3.30. The Morgan fingerprint density at radius 1 is 1.40 bits per heavy atom. The van der Waals surface area contributed by atoms with Gasteiger partial charge >= 0.3 is 5.97 Å². The van der Waals surface area contributed by atoms with E-state index in [1.165, 1.54) is 18.2 Å². The van der Waals surface area contributed by atoms with Gasteiger partial charge in [-0.1, -0.05) is 13.8 Å². The molecule has 0 unspecified atom stereocenters. The summed E-state index contributed by atoms with van der Waals surface area (Å²) in [6, 6.07) is 4.04. The minimum Gasteiger partial charge on any atom is -0.478 e. The third-order valence-electron chi connectivity index (χ3n) is 2.63. The Morgan fingerprint density at radius 2 is 2.10 bits per heavy atom. The number of rotatable bonds is 6. The van der Waals surface area contributed by atoms with Crippen molar-refractivity contribution in [3.05, 3.63) is 35.7 Å². The molecule has 0 aromatic heterocycles. The highest BCUT2D eigenvalue weighted by molar-refractivity contribution is 5.91. The summed E-state index contributed by atoms with van der Waals surface area (Å²) in [6.07, 6.45) is 3.18. The zero-order valence-electron chi connectivity index (χ0n) is 11.5. The van der Waals surface area contributed by atoms with Crippen LogP contribution in [0.15, 0.2) is 24.3 Å². The Bertz CT molecular complexity index is 524. The number of hydrogen-bond acceptors (Lipinski definition) is 2. The number of carbonyl (C=O) groups is 2. The molecule has 1 aromatic carbocycles. The Morgan fingerprint density at radius 3 is 2.70 bits per heavy atom. The molecule has 0 atom stereocenters. The summed E-state index contributed by atoms with van der Waals surface area (Å²) in [5.41, 5.74) is 0.569. The molecule has 2 N–H and O–H groups in total. The van der Waals surface area contributed by atoms with E-state index in [-0.39, 0.29) is 11.5 Å². The van der Waals surface area contributed by atoms with Crippen LogP contribution in [0, 0.1) is 11.7 Å². The zero-order valence-corrected chi connectivity index (χ0v) is 11.5. The summed E-state index contributed by atoms with van der Waals surface area (Å²) in [4.78, 5) is 22.1. The Balaban J connectivity index is 2.74. The van der Waals surface area contributed by atoms with E-state index in [4.69, 9.17) is 5.11 Å². The highest BCUT2D eigenvalue weighted by Crippen LogP contribution is 2.17. The standard InChI is InChI=1S/C15H18FNO3/c1-10(2)3-7-14(18)17-12-5-6-13(16)11(9-12)4-8-15(19)20/h4-6,8-10H,3,7H2,1-2H3,(H,17,18)(H,19,20)/b8-4+. The number of benzene rings is 1. The van der Waals surface area contributed by atoms with Crippen LogP contribution < -0.4 is 5.32 Å². The van der Waals surface area contributed by atoms with Gasteiger partial charge in [-0.3, -0.25) is 4.79 Å². The lowest BCUT2D eigenvalue weighted by Gasteiger charge is -2.08. The molecule has 0 bridgehead atoms. The van der Waals surface area contributed by atoms with Gasteiger partial charge in [-0.2, -0.15) is 0 Å². The van der Waals surface area contributed by atoms with E-state index >= 15 is 0 Å². The number of aliphatic carboxylic acids is 1. The summed E-state index contributed by atoms with van der Waals surface area (Å²) in [7, 11) is 0. The fourth-order valence-electron chi connectivity index (χ4n) is 1.55. The molecule has 0 aliphatic heterocycles. The van der Waals surface area contributed by atoms with Crippen LogP contribution in [-0.4, -0.2) is 17.0 Å². The molecule has 0 fully saturated rings. The van der Waals surface area contributed by atoms with Gasteiger partial charge in [0.2, 0.25) is 5.91 Å². The van der Waals surface area contributed by atoms with Crippen molar-refractivity contribution in [1.82, 2.24) is 0 Å². The van der Waals surface area contributed by atoms with Crippen molar-refractivity contribution in [3.63, 3.8) is 0 Å². The highest BCUT2D eigenvalue weighted by atomic mass is 19.1. The molecule has 0 heterocycles. The van der Waals surface area contributed by atoms with Crippen LogP contribution in [0.3, 0.4) is 0 Å². The molecule has 0 saturated carbocycles. The van der Waals surface area contributed by atoms with Crippen molar-refractivity contribution in [1.29, 1.82) is 0 Å². The van der Waals surface area contributed by atoms with Crippen molar-refractivity contribution in [2.45, 2.75) is 26.7 Å². The SMILES string of the molecule is CC(C)CCC(=O)Nc1ccc(F)c(/C=C/C(=O)O)c1. The van der Waals surface area contributed by atoms with Gasteiger partial charge < -0.3 is 10.4 Å². The first-order valence-electron chi connectivity index (χ1n) is 6.39. The highest BCUT2D eigenvalue weighted by Gasteiger charge is 2.06. The summed E-state index contributed by atoms with van der Waals surface area (Å²) in [5, 5.41) is 11.2. The molecule has 4 nitrogen and oxygen atoms in total. The van der Waals surface area contributed by atoms with Crippen LogP contribution in [0.5, 0.6) is 0 Å². The number of carboxylic acid groups (broad SMARTS) is 1. The maximum atomic E-state index is 13.5. The predicted molar refractivity (Wildman–Crippen MR) is 75.8 cm³/mol. The quantitative estimate of drug-likeness (QED) is 0.785. The molecular weight excluding hydrogens is 261 g/mol. The molecule has 0 saturated heterocycles. The van der Waals surface area contributed by atoms with Gasteiger partial charge in [-0.05, 0) is 36.6 Å². The fourth-order valence-corrected chi connectivity index (χ4v) is 1.55. The summed E-state index contributed by atoms with van der Waals surface area (Å²) in [6.45, 7) is 4.06. The van der Waals surface area contributed by atoms with Crippen LogP contribution in [0.25, 0.3) is 6.08 Å². The first-order valence-corrected chi connectivity index (χ1v) is 6.39. The molecule has 1 aromatic rings. The van der Waals surface area contributed by atoms with Gasteiger partial charge in [0.25, 0.3) is 0 Å². The second kappa shape index (κ2) is 7.43. The van der Waals surface area contributed by atoms with Gasteiger partial charge in [-0.25, -0.2) is 9.18 Å². The zero-order chi connectivity index (χ0) is 15.1. The van der Waals surface area contributed by atoms with E-state index < -0.39 is 11.8 Å². The second-order valence-corrected chi connectivity index (χ2v) is 4.89. The van der Waals surface area contributed by atoms with Gasteiger partial charge in [0.05, 0.1) is 0 Å². The molecule has 0 aliphatic carbocycles. The van der Waals surface area contributed by atoms with E-state index in [1.807, 2.05) is 13.8 Å².